The van der Waals surface area contributed by atoms with Gasteiger partial charge in [0.25, 0.3) is 0 Å². The van der Waals surface area contributed by atoms with Gasteiger partial charge in [0.1, 0.15) is 5.82 Å². The minimum atomic E-state index is 0.738. The Morgan fingerprint density at radius 3 is 2.84 bits per heavy atom. The predicted octanol–water partition coefficient (Wildman–Crippen LogP) is 3.29. The van der Waals surface area contributed by atoms with Gasteiger partial charge < -0.3 is 15.7 Å². The van der Waals surface area contributed by atoms with Crippen molar-refractivity contribution in [2.24, 2.45) is 0 Å². The molecule has 0 fully saturated rings. The third kappa shape index (κ3) is 1.57. The van der Waals surface area contributed by atoms with Gasteiger partial charge in [-0.2, -0.15) is 0 Å². The summed E-state index contributed by atoms with van der Waals surface area (Å²) in [6, 6.07) is 14.0. The van der Waals surface area contributed by atoms with E-state index in [2.05, 4.69) is 39.2 Å². The van der Waals surface area contributed by atoms with Crippen molar-refractivity contribution < 1.29 is 0 Å². The van der Waals surface area contributed by atoms with Crippen LogP contribution in [0, 0.1) is 0 Å². The second-order valence-corrected chi connectivity index (χ2v) is 4.64. The summed E-state index contributed by atoms with van der Waals surface area (Å²) in [6.45, 7) is 0. The third-order valence-electron chi connectivity index (χ3n) is 3.33. The number of H-pyrrole nitrogens is 2. The monoisotopic (exact) mass is 248 g/mol. The van der Waals surface area contributed by atoms with E-state index in [1.54, 1.807) is 0 Å². The Morgan fingerprint density at radius 2 is 1.89 bits per heavy atom. The van der Waals surface area contributed by atoms with Gasteiger partial charge in [0, 0.05) is 23.0 Å². The first-order valence-corrected chi connectivity index (χ1v) is 6.12. The number of nitrogens with one attached hydrogen (secondary N) is 2. The molecular weight excluding hydrogens is 236 g/mol. The summed E-state index contributed by atoms with van der Waals surface area (Å²) in [7, 11) is 0. The first-order chi connectivity index (χ1) is 9.29. The maximum atomic E-state index is 5.78. The molecule has 19 heavy (non-hydrogen) atoms. The lowest BCUT2D eigenvalue weighted by molar-refractivity contribution is 1.34. The lowest BCUT2D eigenvalue weighted by Crippen LogP contribution is -1.82. The predicted molar refractivity (Wildman–Crippen MR) is 77.8 cm³/mol. The molecule has 0 atom stereocenters. The van der Waals surface area contributed by atoms with Crippen molar-refractivity contribution in [3.63, 3.8) is 0 Å². The molecule has 0 saturated heterocycles. The van der Waals surface area contributed by atoms with Gasteiger partial charge >= 0.3 is 0 Å². The van der Waals surface area contributed by atoms with Gasteiger partial charge in [0.15, 0.2) is 0 Å². The molecule has 2 heterocycles. The second kappa shape index (κ2) is 3.62. The minimum absolute atomic E-state index is 0.738. The number of rotatable bonds is 1. The quantitative estimate of drug-likeness (QED) is 0.452. The summed E-state index contributed by atoms with van der Waals surface area (Å²) < 4.78 is 0. The van der Waals surface area contributed by atoms with Crippen LogP contribution in [0.3, 0.4) is 0 Å². The molecular formula is C15H12N4. The largest absolute Gasteiger partial charge is 0.399 e. The fraction of sp³-hybridized carbons (Fsp3) is 0. The van der Waals surface area contributed by atoms with Crippen LogP contribution in [0.4, 0.5) is 5.69 Å². The van der Waals surface area contributed by atoms with Crippen LogP contribution in [0.1, 0.15) is 0 Å². The molecule has 0 bridgehead atoms. The molecule has 4 heteroatoms. The van der Waals surface area contributed by atoms with E-state index in [0.717, 1.165) is 33.6 Å². The Balaban J connectivity index is 1.92. The van der Waals surface area contributed by atoms with E-state index in [9.17, 15) is 0 Å². The highest BCUT2D eigenvalue weighted by Crippen LogP contribution is 2.24. The van der Waals surface area contributed by atoms with E-state index in [1.165, 1.54) is 5.39 Å². The number of nitrogens with two attached hydrogens (primary N) is 1. The van der Waals surface area contributed by atoms with Crippen LogP contribution >= 0.6 is 0 Å². The van der Waals surface area contributed by atoms with E-state index >= 15 is 0 Å². The number of imidazole rings is 1. The van der Waals surface area contributed by atoms with Crippen molar-refractivity contribution in [1.82, 2.24) is 15.0 Å². The van der Waals surface area contributed by atoms with Crippen LogP contribution in [0.2, 0.25) is 0 Å². The van der Waals surface area contributed by atoms with E-state index in [0.29, 0.717) is 0 Å². The molecule has 0 spiro atoms. The van der Waals surface area contributed by atoms with Crippen LogP contribution in [-0.2, 0) is 0 Å². The van der Waals surface area contributed by atoms with E-state index < -0.39 is 0 Å². The molecule has 0 aliphatic heterocycles. The zero-order chi connectivity index (χ0) is 12.8. The van der Waals surface area contributed by atoms with Crippen LogP contribution < -0.4 is 5.73 Å². The molecule has 4 aromatic rings. The molecule has 4 N–H and O–H groups in total. The zero-order valence-electron chi connectivity index (χ0n) is 10.1. The first kappa shape index (κ1) is 10.2. The smallest absolute Gasteiger partial charge is 0.138 e. The Kier molecular flexibility index (Phi) is 1.94. The fourth-order valence-electron chi connectivity index (χ4n) is 2.36. The molecule has 0 unspecified atom stereocenters. The second-order valence-electron chi connectivity index (χ2n) is 4.64. The number of fused-ring (bicyclic) bond motifs is 2. The van der Waals surface area contributed by atoms with E-state index in [-0.39, 0.29) is 0 Å². The Labute approximate surface area is 109 Å². The molecule has 92 valence electrons. The van der Waals surface area contributed by atoms with Crippen molar-refractivity contribution in [3.05, 3.63) is 48.7 Å². The van der Waals surface area contributed by atoms with Gasteiger partial charge in [-0.25, -0.2) is 4.98 Å². The highest BCUT2D eigenvalue weighted by Gasteiger charge is 2.06. The number of aromatic amines is 2. The van der Waals surface area contributed by atoms with Crippen molar-refractivity contribution in [1.29, 1.82) is 0 Å². The molecule has 0 saturated carbocycles. The minimum Gasteiger partial charge on any atom is -0.399 e. The average molecular weight is 248 g/mol. The summed E-state index contributed by atoms with van der Waals surface area (Å²) in [6.07, 6.45) is 1.94. The number of anilines is 1. The molecule has 0 aliphatic carbocycles. The zero-order valence-corrected chi connectivity index (χ0v) is 10.1. The molecule has 2 aromatic heterocycles. The summed E-state index contributed by atoms with van der Waals surface area (Å²) in [4.78, 5) is 11.1. The molecule has 4 nitrogen and oxygen atoms in total. The SMILES string of the molecule is Nc1ccc2nc(-c3ccc4cc[nH]c4c3)[nH]c2c1. The number of nitrogen functional groups attached to an aromatic ring is 1. The van der Waals surface area contributed by atoms with Gasteiger partial charge in [-0.05, 0) is 35.7 Å². The lowest BCUT2D eigenvalue weighted by atomic mass is 10.1. The van der Waals surface area contributed by atoms with Gasteiger partial charge in [-0.1, -0.05) is 12.1 Å². The van der Waals surface area contributed by atoms with Gasteiger partial charge in [-0.3, -0.25) is 0 Å². The van der Waals surface area contributed by atoms with Crippen LogP contribution in [0.15, 0.2) is 48.7 Å². The molecule has 2 aromatic carbocycles. The maximum absolute atomic E-state index is 5.78. The normalized spacial score (nSPS) is 11.4. The van der Waals surface area contributed by atoms with Gasteiger partial charge in [0.2, 0.25) is 0 Å². The number of hydrogen-bond acceptors (Lipinski definition) is 2. The number of hydrogen-bond donors (Lipinski definition) is 3. The van der Waals surface area contributed by atoms with Crippen LogP contribution in [-0.4, -0.2) is 15.0 Å². The third-order valence-corrected chi connectivity index (χ3v) is 3.33. The Bertz CT molecular complexity index is 885. The summed E-state index contributed by atoms with van der Waals surface area (Å²) in [5, 5.41) is 1.20. The number of benzene rings is 2. The Hall–Kier alpha value is -2.75. The summed E-state index contributed by atoms with van der Waals surface area (Å²) in [5.74, 6) is 0.858. The van der Waals surface area contributed by atoms with E-state index in [1.807, 2.05) is 24.4 Å². The molecule has 0 radical (unpaired) electrons. The summed E-state index contributed by atoms with van der Waals surface area (Å²) in [5.41, 5.74) is 10.6. The lowest BCUT2D eigenvalue weighted by Gasteiger charge is -1.96. The Morgan fingerprint density at radius 1 is 0.947 bits per heavy atom. The number of aromatic nitrogens is 3. The molecule has 0 aliphatic rings. The van der Waals surface area contributed by atoms with Gasteiger partial charge in [0.05, 0.1) is 11.0 Å². The highest BCUT2D eigenvalue weighted by molar-refractivity contribution is 5.86. The van der Waals surface area contributed by atoms with Crippen molar-refractivity contribution in [2.75, 3.05) is 5.73 Å². The van der Waals surface area contributed by atoms with Gasteiger partial charge in [-0.15, -0.1) is 0 Å². The molecule has 0 amide bonds. The fourth-order valence-corrected chi connectivity index (χ4v) is 2.36. The van der Waals surface area contributed by atoms with Crippen molar-refractivity contribution in [2.45, 2.75) is 0 Å². The summed E-state index contributed by atoms with van der Waals surface area (Å²) >= 11 is 0. The highest BCUT2D eigenvalue weighted by atomic mass is 14.9. The molecule has 4 rings (SSSR count). The van der Waals surface area contributed by atoms with Crippen molar-refractivity contribution >= 4 is 27.6 Å². The maximum Gasteiger partial charge on any atom is 0.138 e. The van der Waals surface area contributed by atoms with Crippen LogP contribution in [0.5, 0.6) is 0 Å². The number of nitrogens with zero attached hydrogens (tertiary/aromatic N) is 1. The first-order valence-electron chi connectivity index (χ1n) is 6.12. The van der Waals surface area contributed by atoms with Crippen molar-refractivity contribution in [3.8, 4) is 11.4 Å². The topological polar surface area (TPSA) is 70.5 Å². The average Bonchev–Trinajstić information content (AvgIpc) is 3.02. The van der Waals surface area contributed by atoms with E-state index in [4.69, 9.17) is 5.73 Å². The van der Waals surface area contributed by atoms with Crippen LogP contribution in [0.25, 0.3) is 33.3 Å². The standard InChI is InChI=1S/C15H12N4/c16-11-3-4-12-14(8-11)19-15(18-12)10-2-1-9-5-6-17-13(9)7-10/h1-8,17H,16H2,(H,18,19).